The van der Waals surface area contributed by atoms with Gasteiger partial charge in [-0.15, -0.1) is 11.8 Å². The Morgan fingerprint density at radius 3 is 2.90 bits per heavy atom. The monoisotopic (exact) mass is 296 g/mol. The van der Waals surface area contributed by atoms with Crippen LogP contribution in [-0.2, 0) is 10.5 Å². The Hall–Kier alpha value is -1.57. The Morgan fingerprint density at radius 1 is 1.35 bits per heavy atom. The largest absolute Gasteiger partial charge is 0.368 e. The fourth-order valence-corrected chi connectivity index (χ4v) is 2.98. The fourth-order valence-electron chi connectivity index (χ4n) is 1.94. The summed E-state index contributed by atoms with van der Waals surface area (Å²) < 4.78 is 0. The van der Waals surface area contributed by atoms with E-state index in [9.17, 15) is 4.79 Å². The predicted octanol–water partition coefficient (Wildman–Crippen LogP) is 0.422. The summed E-state index contributed by atoms with van der Waals surface area (Å²) in [5, 5.41) is 2.90. The van der Waals surface area contributed by atoms with Gasteiger partial charge in [0.2, 0.25) is 17.8 Å². The van der Waals surface area contributed by atoms with Crippen LogP contribution in [-0.4, -0.2) is 46.7 Å². The van der Waals surface area contributed by atoms with Crippen LogP contribution in [0.1, 0.15) is 25.1 Å². The van der Waals surface area contributed by atoms with Crippen molar-refractivity contribution in [3.8, 4) is 0 Å². The number of amides is 1. The number of nitrogens with two attached hydrogens (primary N) is 1. The van der Waals surface area contributed by atoms with Gasteiger partial charge in [-0.3, -0.25) is 4.79 Å². The standard InChI is InChI=1S/C12H20N6OS/c1-18(2)12-16-9(15-11(13)17-12)7-20-8-5-3-4-6-14-10(8)19/h8H,3-7H2,1-2H3,(H,14,19)(H2,13,15,16,17)/t8-/m1/s1. The van der Waals surface area contributed by atoms with E-state index in [0.29, 0.717) is 17.5 Å². The maximum Gasteiger partial charge on any atom is 0.233 e. The molecule has 1 amide bonds. The minimum absolute atomic E-state index is 0.0294. The van der Waals surface area contributed by atoms with Crippen LogP contribution in [0.4, 0.5) is 11.9 Å². The molecule has 1 aliphatic rings. The van der Waals surface area contributed by atoms with Crippen molar-refractivity contribution in [3.05, 3.63) is 5.82 Å². The summed E-state index contributed by atoms with van der Waals surface area (Å²) in [7, 11) is 3.70. The summed E-state index contributed by atoms with van der Waals surface area (Å²) in [5.74, 6) is 2.04. The molecular weight excluding hydrogens is 276 g/mol. The minimum Gasteiger partial charge on any atom is -0.368 e. The minimum atomic E-state index is -0.0294. The first-order chi connectivity index (χ1) is 9.56. The number of nitrogens with zero attached hydrogens (tertiary/aromatic N) is 4. The Morgan fingerprint density at radius 2 is 2.15 bits per heavy atom. The molecule has 0 saturated carbocycles. The summed E-state index contributed by atoms with van der Waals surface area (Å²) in [6, 6.07) is 0. The fraction of sp³-hybridized carbons (Fsp3) is 0.667. The van der Waals surface area contributed by atoms with E-state index < -0.39 is 0 Å². The van der Waals surface area contributed by atoms with E-state index >= 15 is 0 Å². The molecule has 110 valence electrons. The summed E-state index contributed by atoms with van der Waals surface area (Å²) in [5.41, 5.74) is 5.68. The maximum atomic E-state index is 11.9. The molecule has 8 heteroatoms. The van der Waals surface area contributed by atoms with Crippen molar-refractivity contribution in [1.82, 2.24) is 20.3 Å². The van der Waals surface area contributed by atoms with Crippen LogP contribution >= 0.6 is 11.8 Å². The molecule has 2 heterocycles. The average molecular weight is 296 g/mol. The Kier molecular flexibility index (Phi) is 4.99. The van der Waals surface area contributed by atoms with Gasteiger partial charge in [-0.05, 0) is 12.8 Å². The summed E-state index contributed by atoms with van der Waals surface area (Å²) in [4.78, 5) is 26.2. The van der Waals surface area contributed by atoms with Gasteiger partial charge in [0.25, 0.3) is 0 Å². The molecule has 1 aliphatic heterocycles. The zero-order valence-corrected chi connectivity index (χ0v) is 12.6. The number of nitrogen functional groups attached to an aromatic ring is 1. The third kappa shape index (κ3) is 3.96. The molecule has 2 rings (SSSR count). The van der Waals surface area contributed by atoms with E-state index in [4.69, 9.17) is 5.73 Å². The zero-order valence-electron chi connectivity index (χ0n) is 11.8. The lowest BCUT2D eigenvalue weighted by molar-refractivity contribution is -0.120. The number of anilines is 2. The van der Waals surface area contributed by atoms with Crippen LogP contribution in [0.25, 0.3) is 0 Å². The van der Waals surface area contributed by atoms with Crippen molar-refractivity contribution in [1.29, 1.82) is 0 Å². The molecule has 1 fully saturated rings. The second-order valence-corrected chi connectivity index (χ2v) is 6.08. The van der Waals surface area contributed by atoms with E-state index in [1.807, 2.05) is 14.1 Å². The highest BCUT2D eigenvalue weighted by molar-refractivity contribution is 7.99. The number of carbonyl (C=O) groups excluding carboxylic acids is 1. The maximum absolute atomic E-state index is 11.9. The van der Waals surface area contributed by atoms with Gasteiger partial charge in [0, 0.05) is 20.6 Å². The van der Waals surface area contributed by atoms with Crippen molar-refractivity contribution >= 4 is 29.6 Å². The molecule has 7 nitrogen and oxygen atoms in total. The quantitative estimate of drug-likeness (QED) is 0.831. The number of hydrogen-bond donors (Lipinski definition) is 2. The first-order valence-corrected chi connectivity index (χ1v) is 7.68. The van der Waals surface area contributed by atoms with Gasteiger partial charge < -0.3 is 16.0 Å². The Balaban J connectivity index is 2.01. The second-order valence-electron chi connectivity index (χ2n) is 4.89. The highest BCUT2D eigenvalue weighted by Gasteiger charge is 2.21. The number of rotatable bonds is 4. The lowest BCUT2D eigenvalue weighted by atomic mass is 10.2. The first-order valence-electron chi connectivity index (χ1n) is 6.63. The SMILES string of the molecule is CN(C)c1nc(N)nc(CS[C@@H]2CCCCNC2=O)n1. The van der Waals surface area contributed by atoms with Gasteiger partial charge in [0.1, 0.15) is 5.82 Å². The normalized spacial score (nSPS) is 19.3. The lowest BCUT2D eigenvalue weighted by Crippen LogP contribution is -2.30. The lowest BCUT2D eigenvalue weighted by Gasteiger charge is -2.14. The molecule has 3 N–H and O–H groups in total. The number of nitrogens with one attached hydrogen (secondary N) is 1. The Bertz CT molecular complexity index is 481. The van der Waals surface area contributed by atoms with Gasteiger partial charge in [0.05, 0.1) is 11.0 Å². The van der Waals surface area contributed by atoms with Crippen LogP contribution in [0.15, 0.2) is 0 Å². The van der Waals surface area contributed by atoms with Gasteiger partial charge in [-0.1, -0.05) is 6.42 Å². The number of aromatic nitrogens is 3. The van der Waals surface area contributed by atoms with Gasteiger partial charge in [-0.2, -0.15) is 15.0 Å². The van der Waals surface area contributed by atoms with E-state index in [0.717, 1.165) is 25.8 Å². The van der Waals surface area contributed by atoms with Crippen molar-refractivity contribution in [2.75, 3.05) is 31.3 Å². The predicted molar refractivity (Wildman–Crippen MR) is 80.5 cm³/mol. The first kappa shape index (κ1) is 14.8. The molecule has 0 unspecified atom stereocenters. The molecule has 0 radical (unpaired) electrons. The van der Waals surface area contributed by atoms with E-state index in [-0.39, 0.29) is 17.1 Å². The number of thioether (sulfide) groups is 1. The van der Waals surface area contributed by atoms with Crippen LogP contribution < -0.4 is 16.0 Å². The highest BCUT2D eigenvalue weighted by Crippen LogP contribution is 2.23. The second kappa shape index (κ2) is 6.74. The molecule has 1 saturated heterocycles. The Labute approximate surface area is 122 Å². The van der Waals surface area contributed by atoms with Crippen molar-refractivity contribution in [2.24, 2.45) is 0 Å². The topological polar surface area (TPSA) is 97.0 Å². The molecule has 1 aromatic heterocycles. The van der Waals surface area contributed by atoms with E-state index in [1.165, 1.54) is 0 Å². The smallest absolute Gasteiger partial charge is 0.233 e. The molecule has 0 aliphatic carbocycles. The van der Waals surface area contributed by atoms with Gasteiger partial charge >= 0.3 is 0 Å². The molecule has 20 heavy (non-hydrogen) atoms. The molecule has 0 spiro atoms. The summed E-state index contributed by atoms with van der Waals surface area (Å²) in [6.07, 6.45) is 3.02. The van der Waals surface area contributed by atoms with Crippen molar-refractivity contribution in [3.63, 3.8) is 0 Å². The molecule has 0 aromatic carbocycles. The van der Waals surface area contributed by atoms with Crippen LogP contribution in [0, 0.1) is 0 Å². The van der Waals surface area contributed by atoms with Crippen LogP contribution in [0.5, 0.6) is 0 Å². The summed E-state index contributed by atoms with van der Waals surface area (Å²) in [6.45, 7) is 0.777. The van der Waals surface area contributed by atoms with E-state index in [2.05, 4.69) is 20.3 Å². The molecule has 0 bridgehead atoms. The van der Waals surface area contributed by atoms with Crippen LogP contribution in [0.3, 0.4) is 0 Å². The van der Waals surface area contributed by atoms with Crippen molar-refractivity contribution in [2.45, 2.75) is 30.3 Å². The molecule has 1 atom stereocenters. The van der Waals surface area contributed by atoms with Crippen molar-refractivity contribution < 1.29 is 4.79 Å². The van der Waals surface area contributed by atoms with Crippen LogP contribution in [0.2, 0.25) is 0 Å². The third-order valence-corrected chi connectivity index (χ3v) is 4.26. The third-order valence-electron chi connectivity index (χ3n) is 2.99. The molecular formula is C12H20N6OS. The zero-order chi connectivity index (χ0) is 14.5. The summed E-state index contributed by atoms with van der Waals surface area (Å²) >= 11 is 1.56. The number of carbonyl (C=O) groups is 1. The van der Waals surface area contributed by atoms with Gasteiger partial charge in [-0.25, -0.2) is 0 Å². The molecule has 1 aromatic rings. The number of hydrogen-bond acceptors (Lipinski definition) is 7. The van der Waals surface area contributed by atoms with Gasteiger partial charge in [0.15, 0.2) is 0 Å². The highest BCUT2D eigenvalue weighted by atomic mass is 32.2. The average Bonchev–Trinajstić information content (AvgIpc) is 2.60. The van der Waals surface area contributed by atoms with E-state index in [1.54, 1.807) is 16.7 Å².